The lowest BCUT2D eigenvalue weighted by Gasteiger charge is -2.30. The standard InChI is InChI=1S/C13H20Cl2N2OSi/c1-19(2,3)18-13-11(14)8-10(9-12(13)15)17-6-4-16-5-7-17/h8-9,16H,4-7H2,1-3H3. The summed E-state index contributed by atoms with van der Waals surface area (Å²) in [5.74, 6) is 0.626. The van der Waals surface area contributed by atoms with E-state index in [0.29, 0.717) is 15.8 Å². The van der Waals surface area contributed by atoms with Crippen LogP contribution in [0.15, 0.2) is 12.1 Å². The molecule has 1 aromatic rings. The van der Waals surface area contributed by atoms with Gasteiger partial charge in [-0.05, 0) is 31.8 Å². The first-order chi connectivity index (χ1) is 8.87. The van der Waals surface area contributed by atoms with Gasteiger partial charge in [0.25, 0.3) is 0 Å². The highest BCUT2D eigenvalue weighted by Gasteiger charge is 2.21. The maximum absolute atomic E-state index is 6.33. The van der Waals surface area contributed by atoms with Gasteiger partial charge in [-0.25, -0.2) is 0 Å². The molecule has 1 heterocycles. The van der Waals surface area contributed by atoms with E-state index in [4.69, 9.17) is 27.6 Å². The molecule has 1 N–H and O–H groups in total. The van der Waals surface area contributed by atoms with Crippen molar-refractivity contribution in [2.24, 2.45) is 0 Å². The van der Waals surface area contributed by atoms with Crippen LogP contribution in [0, 0.1) is 0 Å². The summed E-state index contributed by atoms with van der Waals surface area (Å²) in [5, 5.41) is 4.53. The zero-order chi connectivity index (χ0) is 14.0. The number of nitrogens with zero attached hydrogens (tertiary/aromatic N) is 1. The summed E-state index contributed by atoms with van der Waals surface area (Å²) >= 11 is 12.7. The zero-order valence-electron chi connectivity index (χ0n) is 11.6. The predicted octanol–water partition coefficient (Wildman–Crippen LogP) is 3.62. The molecule has 0 aliphatic carbocycles. The van der Waals surface area contributed by atoms with Crippen LogP contribution in [0.4, 0.5) is 5.69 Å². The van der Waals surface area contributed by atoms with Crippen LogP contribution in [0.5, 0.6) is 5.75 Å². The Bertz CT molecular complexity index is 433. The van der Waals surface area contributed by atoms with Crippen molar-refractivity contribution in [2.45, 2.75) is 19.6 Å². The van der Waals surface area contributed by atoms with Crippen molar-refractivity contribution >= 4 is 37.2 Å². The molecule has 2 rings (SSSR count). The third-order valence-electron chi connectivity index (χ3n) is 2.87. The Morgan fingerprint density at radius 1 is 1.11 bits per heavy atom. The number of nitrogens with one attached hydrogen (secondary N) is 1. The number of anilines is 1. The molecule has 1 fully saturated rings. The van der Waals surface area contributed by atoms with E-state index in [1.165, 1.54) is 0 Å². The first-order valence-corrected chi connectivity index (χ1v) is 10.7. The molecule has 0 aromatic heterocycles. The maximum Gasteiger partial charge on any atom is 0.242 e. The lowest BCUT2D eigenvalue weighted by molar-refractivity contribution is 0.557. The highest BCUT2D eigenvalue weighted by molar-refractivity contribution is 6.70. The molecule has 19 heavy (non-hydrogen) atoms. The number of hydrogen-bond acceptors (Lipinski definition) is 3. The Balaban J connectivity index is 2.25. The minimum Gasteiger partial charge on any atom is -0.542 e. The van der Waals surface area contributed by atoms with Gasteiger partial charge < -0.3 is 14.6 Å². The topological polar surface area (TPSA) is 24.5 Å². The molecule has 0 radical (unpaired) electrons. The summed E-state index contributed by atoms with van der Waals surface area (Å²) in [5.41, 5.74) is 1.07. The smallest absolute Gasteiger partial charge is 0.242 e. The summed E-state index contributed by atoms with van der Waals surface area (Å²) in [7, 11) is -1.71. The molecule has 3 nitrogen and oxygen atoms in total. The number of rotatable bonds is 3. The molecule has 1 aliphatic heterocycles. The Labute approximate surface area is 126 Å². The second-order valence-corrected chi connectivity index (χ2v) is 10.9. The molecule has 0 unspecified atom stereocenters. The number of halogens is 2. The van der Waals surface area contributed by atoms with Gasteiger partial charge in [0.15, 0.2) is 0 Å². The van der Waals surface area contributed by atoms with Gasteiger partial charge in [-0.2, -0.15) is 0 Å². The number of hydrogen-bond donors (Lipinski definition) is 1. The lowest BCUT2D eigenvalue weighted by Crippen LogP contribution is -2.43. The van der Waals surface area contributed by atoms with E-state index in [2.05, 4.69) is 29.9 Å². The Hall–Kier alpha value is -0.423. The van der Waals surface area contributed by atoms with Gasteiger partial charge in [0.05, 0.1) is 10.0 Å². The molecule has 0 bridgehead atoms. The molecule has 1 aliphatic rings. The van der Waals surface area contributed by atoms with E-state index in [-0.39, 0.29) is 0 Å². The van der Waals surface area contributed by atoms with Crippen molar-refractivity contribution in [3.05, 3.63) is 22.2 Å². The van der Waals surface area contributed by atoms with Gasteiger partial charge >= 0.3 is 0 Å². The SMILES string of the molecule is C[Si](C)(C)Oc1c(Cl)cc(N2CCNCC2)cc1Cl. The van der Waals surface area contributed by atoms with Crippen LogP contribution in [-0.2, 0) is 0 Å². The van der Waals surface area contributed by atoms with E-state index in [0.717, 1.165) is 31.9 Å². The van der Waals surface area contributed by atoms with Crippen molar-refractivity contribution < 1.29 is 4.43 Å². The van der Waals surface area contributed by atoms with E-state index in [9.17, 15) is 0 Å². The summed E-state index contributed by atoms with van der Waals surface area (Å²) in [4.78, 5) is 2.28. The highest BCUT2D eigenvalue weighted by Crippen LogP contribution is 2.38. The van der Waals surface area contributed by atoms with Crippen molar-refractivity contribution in [2.75, 3.05) is 31.1 Å². The van der Waals surface area contributed by atoms with Gasteiger partial charge in [-0.15, -0.1) is 0 Å². The van der Waals surface area contributed by atoms with Crippen LogP contribution >= 0.6 is 23.2 Å². The van der Waals surface area contributed by atoms with Crippen molar-refractivity contribution in [3.8, 4) is 5.75 Å². The predicted molar refractivity (Wildman–Crippen MR) is 85.5 cm³/mol. The van der Waals surface area contributed by atoms with Gasteiger partial charge in [0.1, 0.15) is 5.75 Å². The second-order valence-electron chi connectivity index (χ2n) is 5.69. The molecule has 0 atom stereocenters. The number of benzene rings is 1. The summed E-state index contributed by atoms with van der Waals surface area (Å²) in [6, 6.07) is 3.91. The lowest BCUT2D eigenvalue weighted by atomic mass is 10.2. The summed E-state index contributed by atoms with van der Waals surface area (Å²) in [6.07, 6.45) is 0. The minimum atomic E-state index is -1.71. The molecule has 1 saturated heterocycles. The Morgan fingerprint density at radius 3 is 2.11 bits per heavy atom. The normalized spacial score (nSPS) is 16.6. The molecule has 6 heteroatoms. The van der Waals surface area contributed by atoms with Crippen LogP contribution in [-0.4, -0.2) is 34.5 Å². The third-order valence-corrected chi connectivity index (χ3v) is 4.25. The van der Waals surface area contributed by atoms with Gasteiger partial charge in [-0.1, -0.05) is 23.2 Å². The Morgan fingerprint density at radius 2 is 1.63 bits per heavy atom. The summed E-state index contributed by atoms with van der Waals surface area (Å²) < 4.78 is 5.95. The first-order valence-electron chi connectivity index (χ1n) is 6.50. The minimum absolute atomic E-state index is 0.600. The number of piperazine rings is 1. The van der Waals surface area contributed by atoms with E-state index in [1.54, 1.807) is 0 Å². The fourth-order valence-corrected chi connectivity index (χ4v) is 3.57. The second kappa shape index (κ2) is 5.91. The largest absolute Gasteiger partial charge is 0.542 e. The average Bonchev–Trinajstić information content (AvgIpc) is 2.33. The van der Waals surface area contributed by atoms with Crippen LogP contribution < -0.4 is 14.6 Å². The maximum atomic E-state index is 6.33. The van der Waals surface area contributed by atoms with E-state index >= 15 is 0 Å². The fraction of sp³-hybridized carbons (Fsp3) is 0.538. The van der Waals surface area contributed by atoms with Gasteiger partial charge in [0, 0.05) is 31.9 Å². The van der Waals surface area contributed by atoms with Crippen LogP contribution in [0.1, 0.15) is 0 Å². The fourth-order valence-electron chi connectivity index (χ4n) is 2.06. The molecule has 106 valence electrons. The highest BCUT2D eigenvalue weighted by atomic mass is 35.5. The molecule has 1 aromatic carbocycles. The zero-order valence-corrected chi connectivity index (χ0v) is 14.1. The Kier molecular flexibility index (Phi) is 4.66. The third kappa shape index (κ3) is 4.02. The summed E-state index contributed by atoms with van der Waals surface area (Å²) in [6.45, 7) is 10.3. The van der Waals surface area contributed by atoms with E-state index < -0.39 is 8.32 Å². The first kappa shape index (κ1) is 15.0. The monoisotopic (exact) mass is 318 g/mol. The molecular weight excluding hydrogens is 299 g/mol. The molecule has 0 amide bonds. The molecule has 0 saturated carbocycles. The van der Waals surface area contributed by atoms with Crippen LogP contribution in [0.25, 0.3) is 0 Å². The van der Waals surface area contributed by atoms with E-state index in [1.807, 2.05) is 12.1 Å². The van der Waals surface area contributed by atoms with Gasteiger partial charge in [-0.3, -0.25) is 0 Å². The van der Waals surface area contributed by atoms with Crippen molar-refractivity contribution in [3.63, 3.8) is 0 Å². The quantitative estimate of drug-likeness (QED) is 0.861. The molecular formula is C13H20Cl2N2OSi. The van der Waals surface area contributed by atoms with Crippen molar-refractivity contribution in [1.82, 2.24) is 5.32 Å². The van der Waals surface area contributed by atoms with Crippen LogP contribution in [0.2, 0.25) is 29.7 Å². The van der Waals surface area contributed by atoms with Crippen molar-refractivity contribution in [1.29, 1.82) is 0 Å². The molecule has 0 spiro atoms. The van der Waals surface area contributed by atoms with Crippen LogP contribution in [0.3, 0.4) is 0 Å². The average molecular weight is 319 g/mol. The van der Waals surface area contributed by atoms with Gasteiger partial charge in [0.2, 0.25) is 8.32 Å².